The number of benzene rings is 6. The average molecular weight is 592 g/mol. The highest BCUT2D eigenvalue weighted by atomic mass is 16.3. The maximum atomic E-state index is 6.66. The zero-order chi connectivity index (χ0) is 30.8. The molecule has 2 aromatic heterocycles. The van der Waals surface area contributed by atoms with Crippen LogP contribution >= 0.6 is 0 Å². The van der Waals surface area contributed by atoms with E-state index in [9.17, 15) is 0 Å². The van der Waals surface area contributed by atoms with Gasteiger partial charge in [0.2, 0.25) is 0 Å². The van der Waals surface area contributed by atoms with Gasteiger partial charge in [-0.1, -0.05) is 135 Å². The van der Waals surface area contributed by atoms with Gasteiger partial charge >= 0.3 is 0 Å². The zero-order valence-electron chi connectivity index (χ0n) is 25.5. The van der Waals surface area contributed by atoms with E-state index in [0.717, 1.165) is 44.2 Å². The van der Waals surface area contributed by atoms with Gasteiger partial charge in [0.05, 0.1) is 0 Å². The molecule has 9 rings (SSSR count). The van der Waals surface area contributed by atoms with E-state index in [2.05, 4.69) is 80.6 Å². The summed E-state index contributed by atoms with van der Waals surface area (Å²) in [5.41, 5.74) is 12.0. The third kappa shape index (κ3) is 4.04. The minimum Gasteiger partial charge on any atom is -0.455 e. The van der Waals surface area contributed by atoms with Gasteiger partial charge in [-0.25, -0.2) is 15.0 Å². The molecule has 0 saturated carbocycles. The van der Waals surface area contributed by atoms with Gasteiger partial charge in [-0.05, 0) is 46.0 Å². The molecular formula is C42H29N3O. The Bertz CT molecular complexity index is 2380. The third-order valence-electron chi connectivity index (χ3n) is 9.35. The highest BCUT2D eigenvalue weighted by Crippen LogP contribution is 2.53. The van der Waals surface area contributed by atoms with Crippen molar-refractivity contribution in [2.75, 3.05) is 0 Å². The van der Waals surface area contributed by atoms with Crippen molar-refractivity contribution in [3.8, 4) is 56.4 Å². The fourth-order valence-corrected chi connectivity index (χ4v) is 7.07. The third-order valence-corrected chi connectivity index (χ3v) is 9.35. The molecule has 8 aromatic rings. The van der Waals surface area contributed by atoms with Crippen LogP contribution in [0.5, 0.6) is 0 Å². The Balaban J connectivity index is 1.23. The van der Waals surface area contributed by atoms with Gasteiger partial charge in [-0.15, -0.1) is 0 Å². The Morgan fingerprint density at radius 2 is 1.02 bits per heavy atom. The number of furan rings is 1. The van der Waals surface area contributed by atoms with Crippen LogP contribution in [0.2, 0.25) is 0 Å². The second kappa shape index (κ2) is 10.1. The van der Waals surface area contributed by atoms with Crippen molar-refractivity contribution in [2.24, 2.45) is 0 Å². The van der Waals surface area contributed by atoms with Crippen molar-refractivity contribution >= 4 is 21.9 Å². The molecule has 0 N–H and O–H groups in total. The quantitative estimate of drug-likeness (QED) is 0.204. The Morgan fingerprint density at radius 3 is 1.74 bits per heavy atom. The molecule has 46 heavy (non-hydrogen) atoms. The second-order valence-electron chi connectivity index (χ2n) is 12.4. The van der Waals surface area contributed by atoms with E-state index in [1.165, 1.54) is 27.8 Å². The van der Waals surface area contributed by atoms with E-state index in [1.54, 1.807) is 0 Å². The second-order valence-corrected chi connectivity index (χ2v) is 12.4. The molecule has 2 heterocycles. The van der Waals surface area contributed by atoms with Gasteiger partial charge in [0, 0.05) is 38.4 Å². The van der Waals surface area contributed by atoms with Gasteiger partial charge in [0.1, 0.15) is 11.2 Å². The largest absolute Gasteiger partial charge is 0.455 e. The summed E-state index contributed by atoms with van der Waals surface area (Å²) in [6.45, 7) is 4.64. The molecule has 0 radical (unpaired) electrons. The van der Waals surface area contributed by atoms with Crippen LogP contribution in [0.25, 0.3) is 78.4 Å². The molecule has 0 fully saturated rings. The van der Waals surface area contributed by atoms with E-state index in [1.807, 2.05) is 72.8 Å². The number of aromatic nitrogens is 3. The lowest BCUT2D eigenvalue weighted by Crippen LogP contribution is -2.14. The van der Waals surface area contributed by atoms with Crippen molar-refractivity contribution in [2.45, 2.75) is 19.3 Å². The van der Waals surface area contributed by atoms with E-state index in [0.29, 0.717) is 17.5 Å². The van der Waals surface area contributed by atoms with Crippen LogP contribution in [-0.2, 0) is 5.41 Å². The summed E-state index contributed by atoms with van der Waals surface area (Å²) in [5.74, 6) is 1.91. The van der Waals surface area contributed by atoms with Crippen molar-refractivity contribution < 1.29 is 4.42 Å². The molecule has 4 heteroatoms. The summed E-state index contributed by atoms with van der Waals surface area (Å²) in [4.78, 5) is 14.8. The number of fused-ring (bicyclic) bond motifs is 6. The molecule has 0 spiro atoms. The van der Waals surface area contributed by atoms with Crippen LogP contribution < -0.4 is 0 Å². The molecule has 0 atom stereocenters. The normalized spacial score (nSPS) is 13.2. The van der Waals surface area contributed by atoms with Crippen LogP contribution in [0, 0.1) is 0 Å². The van der Waals surface area contributed by atoms with Crippen LogP contribution in [0.4, 0.5) is 0 Å². The Morgan fingerprint density at radius 1 is 0.457 bits per heavy atom. The molecule has 0 bridgehead atoms. The first kappa shape index (κ1) is 26.5. The Kier molecular flexibility index (Phi) is 5.81. The van der Waals surface area contributed by atoms with Crippen molar-refractivity contribution in [3.63, 3.8) is 0 Å². The van der Waals surface area contributed by atoms with E-state index < -0.39 is 0 Å². The summed E-state index contributed by atoms with van der Waals surface area (Å²) in [7, 11) is 0. The smallest absolute Gasteiger partial charge is 0.164 e. The van der Waals surface area contributed by atoms with Gasteiger partial charge in [0.25, 0.3) is 0 Å². The lowest BCUT2D eigenvalue weighted by Gasteiger charge is -2.21. The number of hydrogen-bond donors (Lipinski definition) is 0. The molecular weight excluding hydrogens is 562 g/mol. The number of nitrogens with zero attached hydrogens (tertiary/aromatic N) is 3. The first-order valence-electron chi connectivity index (χ1n) is 15.6. The zero-order valence-corrected chi connectivity index (χ0v) is 25.5. The van der Waals surface area contributed by atoms with Crippen LogP contribution in [0.15, 0.2) is 144 Å². The first-order chi connectivity index (χ1) is 22.6. The topological polar surface area (TPSA) is 51.8 Å². The van der Waals surface area contributed by atoms with Crippen LogP contribution in [0.3, 0.4) is 0 Å². The first-order valence-corrected chi connectivity index (χ1v) is 15.6. The lowest BCUT2D eigenvalue weighted by atomic mass is 9.82. The number of hydrogen-bond acceptors (Lipinski definition) is 4. The van der Waals surface area contributed by atoms with Crippen LogP contribution in [0.1, 0.15) is 25.0 Å². The Labute approximate surface area is 267 Å². The summed E-state index contributed by atoms with van der Waals surface area (Å²) in [6, 6.07) is 48.3. The highest BCUT2D eigenvalue weighted by Gasteiger charge is 2.36. The molecule has 4 nitrogen and oxygen atoms in total. The molecule has 0 aliphatic heterocycles. The maximum Gasteiger partial charge on any atom is 0.164 e. The van der Waals surface area contributed by atoms with E-state index in [-0.39, 0.29) is 5.41 Å². The van der Waals surface area contributed by atoms with Crippen molar-refractivity contribution in [1.82, 2.24) is 15.0 Å². The molecule has 6 aromatic carbocycles. The molecule has 0 saturated heterocycles. The van der Waals surface area contributed by atoms with Gasteiger partial charge in [-0.3, -0.25) is 0 Å². The minimum atomic E-state index is -0.0691. The summed E-state index contributed by atoms with van der Waals surface area (Å²) < 4.78 is 6.66. The van der Waals surface area contributed by atoms with Crippen LogP contribution in [-0.4, -0.2) is 15.0 Å². The van der Waals surface area contributed by atoms with E-state index >= 15 is 0 Å². The van der Waals surface area contributed by atoms with Gasteiger partial charge in [-0.2, -0.15) is 0 Å². The molecule has 0 amide bonds. The highest BCUT2D eigenvalue weighted by molar-refractivity contribution is 6.12. The van der Waals surface area contributed by atoms with Crippen molar-refractivity contribution in [1.29, 1.82) is 0 Å². The SMILES string of the molecule is CC1(C)c2ccccc2-c2c(-c3cccc4c3oc3ccc(-c5nc(-c6ccccc6)nc(-c6ccccc6)n5)cc34)cccc21. The van der Waals surface area contributed by atoms with Gasteiger partial charge in [0.15, 0.2) is 17.5 Å². The predicted molar refractivity (Wildman–Crippen MR) is 186 cm³/mol. The maximum absolute atomic E-state index is 6.66. The van der Waals surface area contributed by atoms with Crippen molar-refractivity contribution in [3.05, 3.63) is 151 Å². The Hall–Kier alpha value is -5.87. The summed E-state index contributed by atoms with van der Waals surface area (Å²) in [5, 5.41) is 2.10. The lowest BCUT2D eigenvalue weighted by molar-refractivity contribution is 0.660. The average Bonchev–Trinajstić information content (AvgIpc) is 3.61. The van der Waals surface area contributed by atoms with E-state index in [4.69, 9.17) is 19.4 Å². The molecule has 1 aliphatic carbocycles. The molecule has 1 aliphatic rings. The molecule has 218 valence electrons. The predicted octanol–water partition coefficient (Wildman–Crippen LogP) is 10.7. The molecule has 0 unspecified atom stereocenters. The standard InChI is InChI=1S/C42H29N3O/c1-42(2)34-21-10-9-17-32(34)37-29(18-12-22-35(37)42)30-19-11-20-31-33-25-28(23-24-36(33)46-38(30)31)41-44-39(26-13-5-3-6-14-26)43-40(45-41)27-15-7-4-8-16-27/h3-25H,1-2H3. The monoisotopic (exact) mass is 591 g/mol. The van der Waals surface area contributed by atoms with Gasteiger partial charge < -0.3 is 4.42 Å². The fourth-order valence-electron chi connectivity index (χ4n) is 7.07. The summed E-state index contributed by atoms with van der Waals surface area (Å²) >= 11 is 0. The number of para-hydroxylation sites is 1. The minimum absolute atomic E-state index is 0.0691. The fraction of sp³-hybridized carbons (Fsp3) is 0.0714. The summed E-state index contributed by atoms with van der Waals surface area (Å²) in [6.07, 6.45) is 0. The number of rotatable bonds is 4.